The molecule has 0 rings (SSSR count). The van der Waals surface area contributed by atoms with Gasteiger partial charge in [0.2, 0.25) is 0 Å². The summed E-state index contributed by atoms with van der Waals surface area (Å²) < 4.78 is 11.4. The number of alkyl carbamates (subject to hydrolysis) is 1. The predicted molar refractivity (Wildman–Crippen MR) is 90.0 cm³/mol. The van der Waals surface area contributed by atoms with Gasteiger partial charge in [0.15, 0.2) is 8.32 Å². The van der Waals surface area contributed by atoms with E-state index < -0.39 is 20.0 Å². The molecule has 0 radical (unpaired) electrons. The van der Waals surface area contributed by atoms with E-state index in [4.69, 9.17) is 14.9 Å². The van der Waals surface area contributed by atoms with Crippen LogP contribution >= 0.6 is 0 Å². The van der Waals surface area contributed by atoms with E-state index in [2.05, 4.69) is 39.2 Å². The highest BCUT2D eigenvalue weighted by Crippen LogP contribution is 2.36. The minimum Gasteiger partial charge on any atom is -0.444 e. The molecule has 0 aliphatic carbocycles. The van der Waals surface area contributed by atoms with Crippen molar-refractivity contribution >= 4 is 14.4 Å². The van der Waals surface area contributed by atoms with Crippen LogP contribution in [0.5, 0.6) is 0 Å². The van der Waals surface area contributed by atoms with Crippen molar-refractivity contribution in [3.63, 3.8) is 0 Å². The molecule has 0 aromatic rings. The van der Waals surface area contributed by atoms with Gasteiger partial charge in [0.1, 0.15) is 5.60 Å². The molecule has 0 saturated heterocycles. The summed E-state index contributed by atoms with van der Waals surface area (Å²) in [5.41, 5.74) is 5.43. The van der Waals surface area contributed by atoms with Crippen molar-refractivity contribution in [3.05, 3.63) is 0 Å². The van der Waals surface area contributed by atoms with Crippen molar-refractivity contribution in [3.8, 4) is 0 Å². The maximum atomic E-state index is 11.9. The van der Waals surface area contributed by atoms with Crippen LogP contribution in [0.25, 0.3) is 0 Å². The summed E-state index contributed by atoms with van der Waals surface area (Å²) in [5, 5.41) is 2.93. The normalized spacial score (nSPS) is 16.3. The summed E-state index contributed by atoms with van der Waals surface area (Å²) in [6.45, 7) is 18.7. The lowest BCUT2D eigenvalue weighted by Gasteiger charge is -2.38. The number of nitrogens with two attached hydrogens (primary N) is 1. The number of carbonyl (C=O) groups is 1. The number of amides is 1. The van der Waals surface area contributed by atoms with E-state index in [1.54, 1.807) is 0 Å². The summed E-state index contributed by atoms with van der Waals surface area (Å²) >= 11 is 0. The molecule has 0 aromatic heterocycles. The van der Waals surface area contributed by atoms with Crippen molar-refractivity contribution < 1.29 is 14.0 Å². The fourth-order valence-corrected chi connectivity index (χ4v) is 2.33. The molecule has 3 N–H and O–H groups in total. The maximum absolute atomic E-state index is 11.9. The van der Waals surface area contributed by atoms with Crippen LogP contribution in [0.1, 0.15) is 48.5 Å². The standard InChI is InChI=1S/C15H34N2O3Si/c1-11(16)12(17-13(18)20-14(2,3)4)10-19-21(8,9)15(5,6)7/h11-12H,10,16H2,1-9H3,(H,17,18). The summed E-state index contributed by atoms with van der Waals surface area (Å²) in [6, 6.07) is -0.462. The molecule has 2 atom stereocenters. The number of hydrogen-bond acceptors (Lipinski definition) is 4. The van der Waals surface area contributed by atoms with Crippen molar-refractivity contribution in [2.75, 3.05) is 6.61 Å². The van der Waals surface area contributed by atoms with Crippen LogP contribution in [-0.2, 0) is 9.16 Å². The highest BCUT2D eigenvalue weighted by Gasteiger charge is 2.38. The quantitative estimate of drug-likeness (QED) is 0.763. The van der Waals surface area contributed by atoms with Crippen molar-refractivity contribution in [2.24, 2.45) is 5.73 Å². The Morgan fingerprint density at radius 2 is 1.67 bits per heavy atom. The smallest absolute Gasteiger partial charge is 0.408 e. The topological polar surface area (TPSA) is 73.6 Å². The third kappa shape index (κ3) is 7.83. The van der Waals surface area contributed by atoms with Gasteiger partial charge in [-0.2, -0.15) is 0 Å². The minimum atomic E-state index is -1.86. The number of nitrogens with one attached hydrogen (secondary N) is 1. The Morgan fingerprint density at radius 3 is 2.00 bits per heavy atom. The van der Waals surface area contributed by atoms with Gasteiger partial charge in [-0.05, 0) is 45.8 Å². The lowest BCUT2D eigenvalue weighted by atomic mass is 10.2. The third-order valence-corrected chi connectivity index (χ3v) is 8.27. The van der Waals surface area contributed by atoms with E-state index in [0.717, 1.165) is 0 Å². The second kappa shape index (κ2) is 7.11. The van der Waals surface area contributed by atoms with Gasteiger partial charge in [-0.25, -0.2) is 4.79 Å². The SMILES string of the molecule is CC(N)C(CO[Si](C)(C)C(C)(C)C)NC(=O)OC(C)(C)C. The highest BCUT2D eigenvalue weighted by molar-refractivity contribution is 6.74. The van der Waals surface area contributed by atoms with E-state index in [1.165, 1.54) is 0 Å². The van der Waals surface area contributed by atoms with Gasteiger partial charge < -0.3 is 20.2 Å². The molecular formula is C15H34N2O3Si. The van der Waals surface area contributed by atoms with Crippen LogP contribution in [0.4, 0.5) is 4.79 Å². The molecule has 2 unspecified atom stereocenters. The van der Waals surface area contributed by atoms with E-state index in [0.29, 0.717) is 6.61 Å². The Hall–Kier alpha value is -0.593. The second-order valence-corrected chi connectivity index (χ2v) is 13.0. The predicted octanol–water partition coefficient (Wildman–Crippen LogP) is 3.25. The molecule has 0 aromatic carbocycles. The molecule has 0 spiro atoms. The first-order chi connectivity index (χ1) is 9.16. The zero-order valence-corrected chi connectivity index (χ0v) is 16.2. The molecular weight excluding hydrogens is 284 g/mol. The second-order valence-electron chi connectivity index (χ2n) is 8.18. The van der Waals surface area contributed by atoms with Crippen molar-refractivity contribution in [1.82, 2.24) is 5.32 Å². The molecule has 0 heterocycles. The summed E-state index contributed by atoms with van der Waals surface area (Å²) in [7, 11) is -1.86. The monoisotopic (exact) mass is 318 g/mol. The van der Waals surface area contributed by atoms with E-state index in [1.807, 2.05) is 27.7 Å². The molecule has 0 saturated carbocycles. The van der Waals surface area contributed by atoms with E-state index >= 15 is 0 Å². The molecule has 21 heavy (non-hydrogen) atoms. The van der Waals surface area contributed by atoms with Crippen LogP contribution in [0, 0.1) is 0 Å². The first-order valence-electron chi connectivity index (χ1n) is 7.55. The van der Waals surface area contributed by atoms with Crippen LogP contribution < -0.4 is 11.1 Å². The first-order valence-corrected chi connectivity index (χ1v) is 10.5. The average molecular weight is 319 g/mol. The van der Waals surface area contributed by atoms with Gasteiger partial charge in [0.25, 0.3) is 0 Å². The molecule has 0 fully saturated rings. The largest absolute Gasteiger partial charge is 0.444 e. The molecule has 1 amide bonds. The lowest BCUT2D eigenvalue weighted by Crippen LogP contribution is -2.53. The van der Waals surface area contributed by atoms with Crippen LogP contribution in [0.3, 0.4) is 0 Å². The van der Waals surface area contributed by atoms with Crippen molar-refractivity contribution in [2.45, 2.75) is 84.3 Å². The molecule has 5 nitrogen and oxygen atoms in total. The number of ether oxygens (including phenoxy) is 1. The number of hydrogen-bond donors (Lipinski definition) is 2. The Morgan fingerprint density at radius 1 is 1.19 bits per heavy atom. The number of carbonyl (C=O) groups excluding carboxylic acids is 1. The zero-order valence-electron chi connectivity index (χ0n) is 15.2. The Labute approximate surface area is 131 Å². The van der Waals surface area contributed by atoms with E-state index in [9.17, 15) is 4.79 Å². The van der Waals surface area contributed by atoms with Crippen molar-refractivity contribution in [1.29, 1.82) is 0 Å². The average Bonchev–Trinajstić information content (AvgIpc) is 2.19. The van der Waals surface area contributed by atoms with Gasteiger partial charge in [-0.15, -0.1) is 0 Å². The summed E-state index contributed by atoms with van der Waals surface area (Å²) in [6.07, 6.45) is -0.455. The summed E-state index contributed by atoms with van der Waals surface area (Å²) in [4.78, 5) is 11.9. The first kappa shape index (κ1) is 20.4. The van der Waals surface area contributed by atoms with Crippen LogP contribution in [0.15, 0.2) is 0 Å². The minimum absolute atomic E-state index is 0.126. The van der Waals surface area contributed by atoms with E-state index in [-0.39, 0.29) is 17.1 Å². The maximum Gasteiger partial charge on any atom is 0.408 e. The Balaban J connectivity index is 4.63. The van der Waals surface area contributed by atoms with Gasteiger partial charge in [0, 0.05) is 6.04 Å². The van der Waals surface area contributed by atoms with Gasteiger partial charge >= 0.3 is 6.09 Å². The van der Waals surface area contributed by atoms with Gasteiger partial charge in [0.05, 0.1) is 12.6 Å². The number of rotatable bonds is 5. The van der Waals surface area contributed by atoms with Gasteiger partial charge in [-0.3, -0.25) is 0 Å². The summed E-state index contributed by atoms with van der Waals surface area (Å²) in [5.74, 6) is 0. The molecule has 126 valence electrons. The van der Waals surface area contributed by atoms with Crippen LogP contribution in [0.2, 0.25) is 18.1 Å². The Bertz CT molecular complexity index is 344. The van der Waals surface area contributed by atoms with Gasteiger partial charge in [-0.1, -0.05) is 20.8 Å². The molecule has 0 aliphatic heterocycles. The highest BCUT2D eigenvalue weighted by atomic mass is 28.4. The van der Waals surface area contributed by atoms with Crippen LogP contribution in [-0.4, -0.2) is 38.7 Å². The zero-order chi connectivity index (χ0) is 17.1. The Kier molecular flexibility index (Phi) is 6.91. The lowest BCUT2D eigenvalue weighted by molar-refractivity contribution is 0.0476. The molecule has 0 bridgehead atoms. The fourth-order valence-electron chi connectivity index (χ4n) is 1.30. The molecule has 0 aliphatic rings. The fraction of sp³-hybridized carbons (Fsp3) is 0.933. The third-order valence-electron chi connectivity index (χ3n) is 3.77. The molecule has 6 heteroatoms.